The molecular formula is C18H27N3O3. The van der Waals surface area contributed by atoms with Crippen molar-refractivity contribution in [3.05, 3.63) is 35.4 Å². The normalized spacial score (nSPS) is 26.2. The summed E-state index contributed by atoms with van der Waals surface area (Å²) in [6.07, 6.45) is 0.0615. The number of ether oxygens (including phenoxy) is 1. The predicted molar refractivity (Wildman–Crippen MR) is 91.7 cm³/mol. The molecular weight excluding hydrogens is 306 g/mol. The number of hydrogen-bond donors (Lipinski definition) is 3. The monoisotopic (exact) mass is 333 g/mol. The SMILES string of the molecule is Cc1ccc(C(CNC(=O)C2CC(O)CN2)N2CCOCC2)cc1. The molecule has 2 saturated heterocycles. The Balaban J connectivity index is 1.65. The van der Waals surface area contributed by atoms with Crippen LogP contribution in [0.3, 0.4) is 0 Å². The van der Waals surface area contributed by atoms with Gasteiger partial charge < -0.3 is 20.5 Å². The number of carbonyl (C=O) groups is 1. The molecule has 3 unspecified atom stereocenters. The van der Waals surface area contributed by atoms with Crippen LogP contribution in [0, 0.1) is 6.92 Å². The van der Waals surface area contributed by atoms with Crippen LogP contribution in [0.5, 0.6) is 0 Å². The number of amides is 1. The summed E-state index contributed by atoms with van der Waals surface area (Å²) < 4.78 is 5.46. The second kappa shape index (κ2) is 8.07. The summed E-state index contributed by atoms with van der Waals surface area (Å²) in [5.41, 5.74) is 2.44. The van der Waals surface area contributed by atoms with Crippen LogP contribution in [0.4, 0.5) is 0 Å². The van der Waals surface area contributed by atoms with E-state index in [2.05, 4.69) is 46.7 Å². The number of carbonyl (C=O) groups excluding carboxylic acids is 1. The number of nitrogens with one attached hydrogen (secondary N) is 2. The molecule has 2 heterocycles. The van der Waals surface area contributed by atoms with E-state index in [4.69, 9.17) is 4.74 Å². The molecule has 6 heteroatoms. The number of nitrogens with zero attached hydrogens (tertiary/aromatic N) is 1. The topological polar surface area (TPSA) is 73.8 Å². The van der Waals surface area contributed by atoms with Crippen LogP contribution in [0.1, 0.15) is 23.6 Å². The molecule has 2 aliphatic heterocycles. The van der Waals surface area contributed by atoms with Gasteiger partial charge in [0.05, 0.1) is 31.4 Å². The maximum absolute atomic E-state index is 12.3. The fourth-order valence-electron chi connectivity index (χ4n) is 3.37. The van der Waals surface area contributed by atoms with Crippen molar-refractivity contribution in [2.75, 3.05) is 39.4 Å². The summed E-state index contributed by atoms with van der Waals surface area (Å²) in [6, 6.07) is 8.35. The summed E-state index contributed by atoms with van der Waals surface area (Å²) in [4.78, 5) is 14.7. The average molecular weight is 333 g/mol. The van der Waals surface area contributed by atoms with E-state index in [0.717, 1.165) is 26.3 Å². The highest BCUT2D eigenvalue weighted by Gasteiger charge is 2.29. The van der Waals surface area contributed by atoms with Gasteiger partial charge in [-0.2, -0.15) is 0 Å². The van der Waals surface area contributed by atoms with Crippen molar-refractivity contribution >= 4 is 5.91 Å². The molecule has 0 spiro atoms. The number of benzene rings is 1. The molecule has 0 bridgehead atoms. The minimum atomic E-state index is -0.423. The molecule has 132 valence electrons. The highest BCUT2D eigenvalue weighted by atomic mass is 16.5. The molecule has 3 rings (SSSR count). The van der Waals surface area contributed by atoms with Gasteiger partial charge in [0.15, 0.2) is 0 Å². The zero-order chi connectivity index (χ0) is 16.9. The molecule has 1 aromatic rings. The van der Waals surface area contributed by atoms with Crippen molar-refractivity contribution in [2.24, 2.45) is 0 Å². The lowest BCUT2D eigenvalue weighted by Gasteiger charge is -2.35. The minimum absolute atomic E-state index is 0.0306. The van der Waals surface area contributed by atoms with E-state index in [0.29, 0.717) is 19.5 Å². The van der Waals surface area contributed by atoms with Gasteiger partial charge in [-0.05, 0) is 18.9 Å². The van der Waals surface area contributed by atoms with Crippen molar-refractivity contribution in [2.45, 2.75) is 31.5 Å². The van der Waals surface area contributed by atoms with E-state index in [1.54, 1.807) is 0 Å². The van der Waals surface area contributed by atoms with Crippen LogP contribution in [0.15, 0.2) is 24.3 Å². The number of β-amino-alcohol motifs (C(OH)–C–C–N with tert-alkyl or cyclic N) is 1. The van der Waals surface area contributed by atoms with E-state index in [1.165, 1.54) is 11.1 Å². The quantitative estimate of drug-likeness (QED) is 0.718. The van der Waals surface area contributed by atoms with E-state index in [-0.39, 0.29) is 18.0 Å². The molecule has 0 aromatic heterocycles. The lowest BCUT2D eigenvalue weighted by molar-refractivity contribution is -0.123. The summed E-state index contributed by atoms with van der Waals surface area (Å²) in [5.74, 6) is -0.0306. The summed E-state index contributed by atoms with van der Waals surface area (Å²) in [7, 11) is 0. The fraction of sp³-hybridized carbons (Fsp3) is 0.611. The Bertz CT molecular complexity index is 543. The van der Waals surface area contributed by atoms with Gasteiger partial charge in [-0.25, -0.2) is 0 Å². The van der Waals surface area contributed by atoms with Crippen molar-refractivity contribution in [3.8, 4) is 0 Å². The van der Waals surface area contributed by atoms with Crippen LogP contribution in [-0.4, -0.2) is 67.5 Å². The summed E-state index contributed by atoms with van der Waals surface area (Å²) in [5, 5.41) is 15.7. The second-order valence-corrected chi connectivity index (χ2v) is 6.67. The zero-order valence-corrected chi connectivity index (χ0v) is 14.2. The lowest BCUT2D eigenvalue weighted by Crippen LogP contribution is -2.47. The highest BCUT2D eigenvalue weighted by Crippen LogP contribution is 2.22. The van der Waals surface area contributed by atoms with Gasteiger partial charge in [0.2, 0.25) is 5.91 Å². The lowest BCUT2D eigenvalue weighted by atomic mass is 10.0. The van der Waals surface area contributed by atoms with Crippen LogP contribution in [0.25, 0.3) is 0 Å². The van der Waals surface area contributed by atoms with E-state index < -0.39 is 6.10 Å². The van der Waals surface area contributed by atoms with Gasteiger partial charge in [-0.15, -0.1) is 0 Å². The number of aryl methyl sites for hydroxylation is 1. The van der Waals surface area contributed by atoms with Gasteiger partial charge in [-0.1, -0.05) is 29.8 Å². The Kier molecular flexibility index (Phi) is 5.84. The molecule has 0 radical (unpaired) electrons. The Morgan fingerprint density at radius 2 is 2.08 bits per heavy atom. The Morgan fingerprint density at radius 1 is 1.38 bits per heavy atom. The van der Waals surface area contributed by atoms with Gasteiger partial charge in [0.25, 0.3) is 0 Å². The molecule has 0 saturated carbocycles. The highest BCUT2D eigenvalue weighted by molar-refractivity contribution is 5.82. The van der Waals surface area contributed by atoms with Crippen LogP contribution < -0.4 is 10.6 Å². The van der Waals surface area contributed by atoms with Crippen molar-refractivity contribution in [1.82, 2.24) is 15.5 Å². The first kappa shape index (κ1) is 17.4. The number of morpholine rings is 1. The van der Waals surface area contributed by atoms with E-state index in [1.807, 2.05) is 0 Å². The number of aliphatic hydroxyl groups excluding tert-OH is 1. The number of rotatable bonds is 5. The van der Waals surface area contributed by atoms with Crippen molar-refractivity contribution < 1.29 is 14.6 Å². The smallest absolute Gasteiger partial charge is 0.237 e. The Labute approximate surface area is 143 Å². The third-order valence-corrected chi connectivity index (χ3v) is 4.84. The van der Waals surface area contributed by atoms with Crippen LogP contribution >= 0.6 is 0 Å². The molecule has 3 atom stereocenters. The average Bonchev–Trinajstić information content (AvgIpc) is 3.04. The summed E-state index contributed by atoms with van der Waals surface area (Å²) >= 11 is 0. The maximum Gasteiger partial charge on any atom is 0.237 e. The minimum Gasteiger partial charge on any atom is -0.392 e. The second-order valence-electron chi connectivity index (χ2n) is 6.67. The first-order valence-electron chi connectivity index (χ1n) is 8.71. The molecule has 2 fully saturated rings. The predicted octanol–water partition coefficient (Wildman–Crippen LogP) is 0.207. The van der Waals surface area contributed by atoms with E-state index >= 15 is 0 Å². The zero-order valence-electron chi connectivity index (χ0n) is 14.2. The first-order chi connectivity index (χ1) is 11.6. The molecule has 1 aromatic carbocycles. The van der Waals surface area contributed by atoms with Gasteiger partial charge >= 0.3 is 0 Å². The van der Waals surface area contributed by atoms with Crippen molar-refractivity contribution in [1.29, 1.82) is 0 Å². The van der Waals surface area contributed by atoms with Crippen molar-refractivity contribution in [3.63, 3.8) is 0 Å². The largest absolute Gasteiger partial charge is 0.392 e. The molecule has 24 heavy (non-hydrogen) atoms. The van der Waals surface area contributed by atoms with Crippen LogP contribution in [-0.2, 0) is 9.53 Å². The molecule has 3 N–H and O–H groups in total. The van der Waals surface area contributed by atoms with Gasteiger partial charge in [0.1, 0.15) is 0 Å². The van der Waals surface area contributed by atoms with Crippen LogP contribution in [0.2, 0.25) is 0 Å². The van der Waals surface area contributed by atoms with Gasteiger partial charge in [0, 0.05) is 26.2 Å². The molecule has 1 amide bonds. The maximum atomic E-state index is 12.3. The molecule has 6 nitrogen and oxygen atoms in total. The number of aliphatic hydroxyl groups is 1. The van der Waals surface area contributed by atoms with Gasteiger partial charge in [-0.3, -0.25) is 9.69 Å². The standard InChI is InChI=1S/C18H27N3O3/c1-13-2-4-14(5-3-13)17(21-6-8-24-9-7-21)12-20-18(23)16-10-15(22)11-19-16/h2-5,15-17,19,22H,6-12H2,1H3,(H,20,23). The Hall–Kier alpha value is -1.47. The Morgan fingerprint density at radius 3 is 2.71 bits per heavy atom. The number of hydrogen-bond acceptors (Lipinski definition) is 5. The third-order valence-electron chi connectivity index (χ3n) is 4.84. The fourth-order valence-corrected chi connectivity index (χ4v) is 3.37. The molecule has 2 aliphatic rings. The first-order valence-corrected chi connectivity index (χ1v) is 8.71. The third kappa shape index (κ3) is 4.33. The summed E-state index contributed by atoms with van der Waals surface area (Å²) in [6.45, 7) is 6.33. The van der Waals surface area contributed by atoms with E-state index in [9.17, 15) is 9.90 Å². The molecule has 0 aliphatic carbocycles.